The van der Waals surface area contributed by atoms with Crippen LogP contribution in [0.25, 0.3) is 0 Å². The van der Waals surface area contributed by atoms with E-state index in [0.717, 1.165) is 5.56 Å². The largest absolute Gasteiger partial charge is 0.497 e. The summed E-state index contributed by atoms with van der Waals surface area (Å²) in [5.74, 6) is -1.40. The summed E-state index contributed by atoms with van der Waals surface area (Å²) in [6.45, 7) is 1.32. The summed E-state index contributed by atoms with van der Waals surface area (Å²) >= 11 is 0. The summed E-state index contributed by atoms with van der Waals surface area (Å²) in [7, 11) is 1.54. The Balaban J connectivity index is 2.94. The zero-order valence-corrected chi connectivity index (χ0v) is 9.77. The van der Waals surface area contributed by atoms with Crippen molar-refractivity contribution < 1.29 is 19.4 Å². The number of amides is 1. The molecule has 5 nitrogen and oxygen atoms in total. The molecule has 0 heterocycles. The van der Waals surface area contributed by atoms with Crippen LogP contribution in [0.5, 0.6) is 5.75 Å². The molecule has 0 aromatic heterocycles. The van der Waals surface area contributed by atoms with Crippen LogP contribution in [0.2, 0.25) is 0 Å². The first-order valence-electron chi connectivity index (χ1n) is 5.06. The predicted molar refractivity (Wildman–Crippen MR) is 61.6 cm³/mol. The molecule has 0 spiro atoms. The third-order valence-electron chi connectivity index (χ3n) is 2.73. The molecular weight excluding hydrogens is 222 g/mol. The lowest BCUT2D eigenvalue weighted by Gasteiger charge is -2.20. The average Bonchev–Trinajstić information content (AvgIpc) is 2.29. The number of methoxy groups -OCH3 is 1. The third-order valence-corrected chi connectivity index (χ3v) is 2.73. The third kappa shape index (κ3) is 2.75. The molecule has 1 aromatic carbocycles. The highest BCUT2D eigenvalue weighted by Crippen LogP contribution is 2.24. The van der Waals surface area contributed by atoms with Gasteiger partial charge in [0.05, 0.1) is 7.11 Å². The molecule has 1 rings (SSSR count). The maximum Gasteiger partial charge on any atom is 0.319 e. The SMILES string of the molecule is COc1ccc(C[C@](C)(C(N)=O)C(=O)O)cc1. The lowest BCUT2D eigenvalue weighted by molar-refractivity contribution is -0.153. The van der Waals surface area contributed by atoms with Crippen molar-refractivity contribution in [2.24, 2.45) is 11.1 Å². The summed E-state index contributed by atoms with van der Waals surface area (Å²) in [5.41, 5.74) is 4.26. The average molecular weight is 237 g/mol. The van der Waals surface area contributed by atoms with Gasteiger partial charge in [0, 0.05) is 0 Å². The lowest BCUT2D eigenvalue weighted by atomic mass is 9.83. The van der Waals surface area contributed by atoms with Crippen LogP contribution in [-0.4, -0.2) is 24.1 Å². The van der Waals surface area contributed by atoms with Crippen molar-refractivity contribution in [1.82, 2.24) is 0 Å². The maximum atomic E-state index is 11.2. The fourth-order valence-electron chi connectivity index (χ4n) is 1.42. The number of benzene rings is 1. The number of rotatable bonds is 5. The van der Waals surface area contributed by atoms with Crippen LogP contribution in [0.3, 0.4) is 0 Å². The van der Waals surface area contributed by atoms with E-state index in [-0.39, 0.29) is 6.42 Å². The van der Waals surface area contributed by atoms with E-state index in [1.165, 1.54) is 6.92 Å². The Kier molecular flexibility index (Phi) is 3.73. The van der Waals surface area contributed by atoms with Crippen LogP contribution in [0.4, 0.5) is 0 Å². The Morgan fingerprint density at radius 2 is 1.88 bits per heavy atom. The van der Waals surface area contributed by atoms with Gasteiger partial charge in [0.25, 0.3) is 0 Å². The first kappa shape index (κ1) is 13.0. The minimum atomic E-state index is -1.59. The second-order valence-corrected chi connectivity index (χ2v) is 4.03. The second kappa shape index (κ2) is 4.86. The molecular formula is C12H15NO4. The normalized spacial score (nSPS) is 13.8. The number of hydrogen-bond donors (Lipinski definition) is 2. The number of carbonyl (C=O) groups excluding carboxylic acids is 1. The van der Waals surface area contributed by atoms with E-state index in [9.17, 15) is 9.59 Å². The first-order chi connectivity index (χ1) is 7.90. The number of hydrogen-bond acceptors (Lipinski definition) is 3. The standard InChI is InChI=1S/C12H15NO4/c1-12(10(13)14,11(15)16)7-8-3-5-9(17-2)6-4-8/h3-6H,7H2,1-2H3,(H2,13,14)(H,15,16)/t12-/m1/s1. The fourth-order valence-corrected chi connectivity index (χ4v) is 1.42. The van der Waals surface area contributed by atoms with E-state index in [1.807, 2.05) is 0 Å². The van der Waals surface area contributed by atoms with Crippen molar-refractivity contribution >= 4 is 11.9 Å². The van der Waals surface area contributed by atoms with E-state index >= 15 is 0 Å². The van der Waals surface area contributed by atoms with Gasteiger partial charge in [-0.05, 0) is 31.0 Å². The molecule has 1 aromatic rings. The number of nitrogens with two attached hydrogens (primary N) is 1. The van der Waals surface area contributed by atoms with E-state index in [0.29, 0.717) is 5.75 Å². The molecule has 3 N–H and O–H groups in total. The van der Waals surface area contributed by atoms with Crippen LogP contribution >= 0.6 is 0 Å². The highest BCUT2D eigenvalue weighted by Gasteiger charge is 2.39. The minimum Gasteiger partial charge on any atom is -0.497 e. The van der Waals surface area contributed by atoms with E-state index in [4.69, 9.17) is 15.6 Å². The van der Waals surface area contributed by atoms with Crippen LogP contribution in [0.1, 0.15) is 12.5 Å². The molecule has 0 saturated carbocycles. The molecule has 5 heteroatoms. The number of carboxylic acids is 1. The lowest BCUT2D eigenvalue weighted by Crippen LogP contribution is -2.43. The van der Waals surface area contributed by atoms with Gasteiger partial charge in [-0.3, -0.25) is 9.59 Å². The fraction of sp³-hybridized carbons (Fsp3) is 0.333. The maximum absolute atomic E-state index is 11.2. The smallest absolute Gasteiger partial charge is 0.319 e. The van der Waals surface area contributed by atoms with Gasteiger partial charge in [-0.25, -0.2) is 0 Å². The first-order valence-corrected chi connectivity index (χ1v) is 5.06. The van der Waals surface area contributed by atoms with Gasteiger partial charge in [-0.1, -0.05) is 12.1 Å². The predicted octanol–water partition coefficient (Wildman–Crippen LogP) is 0.814. The molecule has 0 aliphatic carbocycles. The van der Waals surface area contributed by atoms with Crippen LogP contribution in [-0.2, 0) is 16.0 Å². The van der Waals surface area contributed by atoms with Crippen molar-refractivity contribution in [3.63, 3.8) is 0 Å². The molecule has 0 saturated heterocycles. The Bertz CT molecular complexity index is 411. The quantitative estimate of drug-likeness (QED) is 0.742. The number of primary amides is 1. The molecule has 0 unspecified atom stereocenters. The van der Waals surface area contributed by atoms with E-state index in [1.54, 1.807) is 31.4 Å². The van der Waals surface area contributed by atoms with Crippen molar-refractivity contribution in [2.45, 2.75) is 13.3 Å². The van der Waals surface area contributed by atoms with Gasteiger partial charge in [0.1, 0.15) is 11.2 Å². The summed E-state index contributed by atoms with van der Waals surface area (Å²) in [4.78, 5) is 22.3. The molecule has 0 aliphatic rings. The molecule has 17 heavy (non-hydrogen) atoms. The van der Waals surface area contributed by atoms with Gasteiger partial charge in [-0.2, -0.15) is 0 Å². The molecule has 0 radical (unpaired) electrons. The molecule has 92 valence electrons. The molecule has 0 bridgehead atoms. The number of ether oxygens (including phenoxy) is 1. The Labute approximate surface area is 99.2 Å². The summed E-state index contributed by atoms with van der Waals surface area (Å²) < 4.78 is 4.99. The topological polar surface area (TPSA) is 89.6 Å². The van der Waals surface area contributed by atoms with E-state index in [2.05, 4.69) is 0 Å². The van der Waals surface area contributed by atoms with E-state index < -0.39 is 17.3 Å². The number of aliphatic carboxylic acids is 1. The van der Waals surface area contributed by atoms with Gasteiger partial charge in [0.15, 0.2) is 0 Å². The van der Waals surface area contributed by atoms with Crippen molar-refractivity contribution in [2.75, 3.05) is 7.11 Å². The van der Waals surface area contributed by atoms with Crippen LogP contribution < -0.4 is 10.5 Å². The molecule has 1 atom stereocenters. The van der Waals surface area contributed by atoms with Gasteiger partial charge < -0.3 is 15.6 Å². The van der Waals surface area contributed by atoms with Crippen molar-refractivity contribution in [1.29, 1.82) is 0 Å². The number of carboxylic acid groups (broad SMARTS) is 1. The van der Waals surface area contributed by atoms with Gasteiger partial charge in [-0.15, -0.1) is 0 Å². The van der Waals surface area contributed by atoms with Crippen LogP contribution in [0, 0.1) is 5.41 Å². The highest BCUT2D eigenvalue weighted by atomic mass is 16.5. The van der Waals surface area contributed by atoms with Gasteiger partial charge >= 0.3 is 5.97 Å². The van der Waals surface area contributed by atoms with Crippen LogP contribution in [0.15, 0.2) is 24.3 Å². The summed E-state index contributed by atoms with van der Waals surface area (Å²) in [6.07, 6.45) is 0.0572. The Morgan fingerprint density at radius 1 is 1.35 bits per heavy atom. The highest BCUT2D eigenvalue weighted by molar-refractivity contribution is 6.00. The minimum absolute atomic E-state index is 0.0572. The zero-order chi connectivity index (χ0) is 13.1. The monoisotopic (exact) mass is 237 g/mol. The second-order valence-electron chi connectivity index (χ2n) is 4.03. The van der Waals surface area contributed by atoms with Crippen molar-refractivity contribution in [3.8, 4) is 5.75 Å². The zero-order valence-electron chi connectivity index (χ0n) is 9.77. The molecule has 0 aliphatic heterocycles. The molecule has 1 amide bonds. The Hall–Kier alpha value is -2.04. The van der Waals surface area contributed by atoms with Crippen molar-refractivity contribution in [3.05, 3.63) is 29.8 Å². The number of carbonyl (C=O) groups is 2. The Morgan fingerprint density at radius 3 is 2.24 bits per heavy atom. The molecule has 0 fully saturated rings. The van der Waals surface area contributed by atoms with Gasteiger partial charge in [0.2, 0.25) is 5.91 Å². The summed E-state index contributed by atoms with van der Waals surface area (Å²) in [6, 6.07) is 6.84. The summed E-state index contributed by atoms with van der Waals surface area (Å²) in [5, 5.41) is 9.04.